The molecule has 20 heavy (non-hydrogen) atoms. The van der Waals surface area contributed by atoms with Gasteiger partial charge in [-0.2, -0.15) is 11.8 Å². The molecule has 1 amide bonds. The predicted octanol–water partition coefficient (Wildman–Crippen LogP) is 3.14. The number of anilines is 1. The normalized spacial score (nSPS) is 10.8. The Kier molecular flexibility index (Phi) is 8.89. The van der Waals surface area contributed by atoms with Gasteiger partial charge in [0, 0.05) is 25.4 Å². The Balaban J connectivity index is 2.25. The lowest BCUT2D eigenvalue weighted by Crippen LogP contribution is -2.27. The van der Waals surface area contributed by atoms with E-state index < -0.39 is 0 Å². The standard InChI is InChI=1S/C14H25N3OS2/c1-4-17(12(2)18)14-16-13(11-20-14)10-15-8-6-5-7-9-19-3/h11,15H,4-10H2,1-3H3. The van der Waals surface area contributed by atoms with Crippen molar-refractivity contribution in [2.24, 2.45) is 0 Å². The van der Waals surface area contributed by atoms with E-state index in [1.807, 2.05) is 24.1 Å². The van der Waals surface area contributed by atoms with E-state index >= 15 is 0 Å². The van der Waals surface area contributed by atoms with Crippen molar-refractivity contribution in [3.63, 3.8) is 0 Å². The highest BCUT2D eigenvalue weighted by atomic mass is 32.2. The molecule has 0 fully saturated rings. The number of carbonyl (C=O) groups excluding carboxylic acids is 1. The van der Waals surface area contributed by atoms with Gasteiger partial charge in [0.15, 0.2) is 5.13 Å². The van der Waals surface area contributed by atoms with E-state index in [1.165, 1.54) is 36.4 Å². The van der Waals surface area contributed by atoms with Crippen molar-refractivity contribution in [2.45, 2.75) is 39.7 Å². The van der Waals surface area contributed by atoms with Crippen molar-refractivity contribution in [3.05, 3.63) is 11.1 Å². The molecule has 1 rings (SSSR count). The van der Waals surface area contributed by atoms with E-state index in [0.29, 0.717) is 6.54 Å². The molecule has 6 heteroatoms. The maximum absolute atomic E-state index is 11.4. The van der Waals surface area contributed by atoms with E-state index in [0.717, 1.165) is 23.9 Å². The molecule has 4 nitrogen and oxygen atoms in total. The molecule has 0 aliphatic carbocycles. The van der Waals surface area contributed by atoms with Crippen molar-refractivity contribution < 1.29 is 4.79 Å². The van der Waals surface area contributed by atoms with Gasteiger partial charge in [0.25, 0.3) is 0 Å². The van der Waals surface area contributed by atoms with Gasteiger partial charge in [0.05, 0.1) is 5.69 Å². The zero-order valence-electron chi connectivity index (χ0n) is 12.6. The molecule has 1 aromatic heterocycles. The number of nitrogens with zero attached hydrogens (tertiary/aromatic N) is 2. The molecule has 114 valence electrons. The molecule has 0 aliphatic heterocycles. The first-order valence-corrected chi connectivity index (χ1v) is 9.38. The maximum Gasteiger partial charge on any atom is 0.225 e. The number of amides is 1. The number of hydrogen-bond donors (Lipinski definition) is 1. The maximum atomic E-state index is 11.4. The summed E-state index contributed by atoms with van der Waals surface area (Å²) in [5.41, 5.74) is 1.02. The number of thiazole rings is 1. The molecule has 1 heterocycles. The SMILES string of the molecule is CCN(C(C)=O)c1nc(CNCCCCCSC)cs1. The Hall–Kier alpha value is -0.590. The van der Waals surface area contributed by atoms with Gasteiger partial charge >= 0.3 is 0 Å². The van der Waals surface area contributed by atoms with Gasteiger partial charge in [-0.25, -0.2) is 4.98 Å². The molecule has 0 spiro atoms. The zero-order valence-corrected chi connectivity index (χ0v) is 14.3. The quantitative estimate of drug-likeness (QED) is 0.674. The minimum atomic E-state index is 0.0511. The molecule has 0 aliphatic rings. The monoisotopic (exact) mass is 315 g/mol. The van der Waals surface area contributed by atoms with E-state index in [2.05, 4.69) is 16.6 Å². The van der Waals surface area contributed by atoms with Gasteiger partial charge in [-0.15, -0.1) is 11.3 Å². The molecule has 1 aromatic rings. The summed E-state index contributed by atoms with van der Waals surface area (Å²) < 4.78 is 0. The minimum absolute atomic E-state index is 0.0511. The fourth-order valence-corrected chi connectivity index (χ4v) is 3.31. The van der Waals surface area contributed by atoms with E-state index in [4.69, 9.17) is 0 Å². The van der Waals surface area contributed by atoms with Crippen LogP contribution in [-0.4, -0.2) is 36.0 Å². The first-order valence-electron chi connectivity index (χ1n) is 7.11. The van der Waals surface area contributed by atoms with Crippen LogP contribution in [0.4, 0.5) is 5.13 Å². The third kappa shape index (κ3) is 6.24. The zero-order chi connectivity index (χ0) is 14.8. The molecule has 0 saturated heterocycles. The third-order valence-electron chi connectivity index (χ3n) is 2.97. The Morgan fingerprint density at radius 2 is 2.25 bits per heavy atom. The summed E-state index contributed by atoms with van der Waals surface area (Å²) in [6.45, 7) is 6.04. The smallest absolute Gasteiger partial charge is 0.225 e. The van der Waals surface area contributed by atoms with Gasteiger partial charge < -0.3 is 5.32 Å². The first-order chi connectivity index (χ1) is 9.69. The third-order valence-corrected chi connectivity index (χ3v) is 4.58. The molecule has 0 radical (unpaired) electrons. The Labute approximate surface area is 130 Å². The predicted molar refractivity (Wildman–Crippen MR) is 89.8 cm³/mol. The van der Waals surface area contributed by atoms with Crippen LogP contribution < -0.4 is 10.2 Å². The highest BCUT2D eigenvalue weighted by molar-refractivity contribution is 7.98. The van der Waals surface area contributed by atoms with Crippen LogP contribution in [0, 0.1) is 0 Å². The summed E-state index contributed by atoms with van der Waals surface area (Å²) >= 11 is 3.45. The lowest BCUT2D eigenvalue weighted by molar-refractivity contribution is -0.116. The fraction of sp³-hybridized carbons (Fsp3) is 0.714. The largest absolute Gasteiger partial charge is 0.311 e. The average molecular weight is 316 g/mol. The topological polar surface area (TPSA) is 45.2 Å². The summed E-state index contributed by atoms with van der Waals surface area (Å²) in [5, 5.41) is 6.24. The van der Waals surface area contributed by atoms with Gasteiger partial charge in [-0.1, -0.05) is 6.42 Å². The van der Waals surface area contributed by atoms with Crippen LogP contribution in [0.5, 0.6) is 0 Å². The highest BCUT2D eigenvalue weighted by Crippen LogP contribution is 2.20. The molecule has 1 N–H and O–H groups in total. The summed E-state index contributed by atoms with van der Waals surface area (Å²) in [4.78, 5) is 17.7. The van der Waals surface area contributed by atoms with E-state index in [-0.39, 0.29) is 5.91 Å². The Morgan fingerprint density at radius 1 is 1.45 bits per heavy atom. The Bertz CT molecular complexity index is 396. The number of rotatable bonds is 10. The lowest BCUT2D eigenvalue weighted by Gasteiger charge is -2.14. The lowest BCUT2D eigenvalue weighted by atomic mass is 10.2. The van der Waals surface area contributed by atoms with Gasteiger partial charge in [0.2, 0.25) is 5.91 Å². The second kappa shape index (κ2) is 10.2. The van der Waals surface area contributed by atoms with Crippen molar-refractivity contribution >= 4 is 34.1 Å². The summed E-state index contributed by atoms with van der Waals surface area (Å²) in [5.74, 6) is 1.31. The second-order valence-corrected chi connectivity index (χ2v) is 6.44. The summed E-state index contributed by atoms with van der Waals surface area (Å²) in [6, 6.07) is 0. The van der Waals surface area contributed by atoms with Crippen molar-refractivity contribution in [2.75, 3.05) is 30.0 Å². The summed E-state index contributed by atoms with van der Waals surface area (Å²) in [7, 11) is 0. The van der Waals surface area contributed by atoms with Crippen LogP contribution >= 0.6 is 23.1 Å². The number of nitrogens with one attached hydrogen (secondary N) is 1. The van der Waals surface area contributed by atoms with Crippen LogP contribution in [0.25, 0.3) is 0 Å². The van der Waals surface area contributed by atoms with Crippen LogP contribution in [0.2, 0.25) is 0 Å². The number of thioether (sulfide) groups is 1. The van der Waals surface area contributed by atoms with Gasteiger partial charge in [0.1, 0.15) is 0 Å². The molecular formula is C14H25N3OS2. The van der Waals surface area contributed by atoms with Crippen molar-refractivity contribution in [3.8, 4) is 0 Å². The molecule has 0 saturated carbocycles. The minimum Gasteiger partial charge on any atom is -0.311 e. The number of unbranched alkanes of at least 4 members (excludes halogenated alkanes) is 2. The molecule has 0 bridgehead atoms. The molecule has 0 atom stereocenters. The average Bonchev–Trinajstić information content (AvgIpc) is 2.87. The molecule has 0 aromatic carbocycles. The number of hydrogen-bond acceptors (Lipinski definition) is 5. The number of carbonyl (C=O) groups is 1. The second-order valence-electron chi connectivity index (χ2n) is 4.61. The van der Waals surface area contributed by atoms with E-state index in [9.17, 15) is 4.79 Å². The van der Waals surface area contributed by atoms with Crippen LogP contribution in [0.15, 0.2) is 5.38 Å². The summed E-state index contributed by atoms with van der Waals surface area (Å²) in [6.07, 6.45) is 5.95. The van der Waals surface area contributed by atoms with Crippen molar-refractivity contribution in [1.82, 2.24) is 10.3 Å². The molecule has 0 unspecified atom stereocenters. The first kappa shape index (κ1) is 17.5. The van der Waals surface area contributed by atoms with Gasteiger partial charge in [-0.05, 0) is 38.3 Å². The molecular weight excluding hydrogens is 290 g/mol. The van der Waals surface area contributed by atoms with Crippen LogP contribution in [0.3, 0.4) is 0 Å². The van der Waals surface area contributed by atoms with Crippen molar-refractivity contribution in [1.29, 1.82) is 0 Å². The number of aromatic nitrogens is 1. The van der Waals surface area contributed by atoms with Crippen LogP contribution in [-0.2, 0) is 11.3 Å². The Morgan fingerprint density at radius 3 is 2.90 bits per heavy atom. The van der Waals surface area contributed by atoms with Gasteiger partial charge in [-0.3, -0.25) is 9.69 Å². The highest BCUT2D eigenvalue weighted by Gasteiger charge is 2.12. The van der Waals surface area contributed by atoms with Crippen LogP contribution in [0.1, 0.15) is 38.8 Å². The fourth-order valence-electron chi connectivity index (χ4n) is 1.88. The van der Waals surface area contributed by atoms with E-state index in [1.54, 1.807) is 11.8 Å².